The van der Waals surface area contributed by atoms with Gasteiger partial charge in [-0.05, 0) is 50.0 Å². The number of carbonyl (C=O) groups is 1. The van der Waals surface area contributed by atoms with Crippen LogP contribution in [-0.4, -0.2) is 5.97 Å². The zero-order valence-electron chi connectivity index (χ0n) is 18.8. The van der Waals surface area contributed by atoms with Gasteiger partial charge in [0.05, 0.1) is 12.2 Å². The van der Waals surface area contributed by atoms with E-state index in [9.17, 15) is 18.0 Å². The molecule has 3 atom stereocenters. The molecular formula is C25H37F3O2. The molecule has 0 bridgehead atoms. The van der Waals surface area contributed by atoms with Crippen LogP contribution in [0, 0.1) is 23.7 Å². The number of carbonyl (C=O) groups excluding carboxylic acids is 1. The molecule has 5 heteroatoms. The zero-order chi connectivity index (χ0) is 22.5. The molecule has 30 heavy (non-hydrogen) atoms. The van der Waals surface area contributed by atoms with E-state index >= 15 is 0 Å². The normalized spacial score (nSPS) is 22.6. The molecule has 0 aliphatic heterocycles. The predicted molar refractivity (Wildman–Crippen MR) is 116 cm³/mol. The fourth-order valence-electron chi connectivity index (χ4n) is 3.94. The third-order valence-electron chi connectivity index (χ3n) is 6.26. The van der Waals surface area contributed by atoms with Crippen LogP contribution in [0.4, 0.5) is 13.2 Å². The van der Waals surface area contributed by atoms with Gasteiger partial charge in [0.1, 0.15) is 0 Å². The van der Waals surface area contributed by atoms with E-state index < -0.39 is 29.4 Å². The van der Waals surface area contributed by atoms with E-state index in [0.717, 1.165) is 37.5 Å². The van der Waals surface area contributed by atoms with Crippen molar-refractivity contribution in [1.29, 1.82) is 0 Å². The largest absolute Gasteiger partial charge is 0.434 e. The molecule has 0 aromatic rings. The van der Waals surface area contributed by atoms with Crippen LogP contribution in [0.5, 0.6) is 0 Å². The highest BCUT2D eigenvalue weighted by Crippen LogP contribution is 2.31. The van der Waals surface area contributed by atoms with Crippen LogP contribution in [0.1, 0.15) is 79.1 Å². The SMILES string of the molecule is C\C=C(F)/C(F)=C(F)\C=C\OC(=O)C1C=CCC(C(C)CCC(CC)CC)CCC1. The molecule has 0 N–H and O–H groups in total. The lowest BCUT2D eigenvalue weighted by atomic mass is 9.79. The van der Waals surface area contributed by atoms with Gasteiger partial charge in [-0.1, -0.05) is 65.0 Å². The second-order valence-electron chi connectivity index (χ2n) is 8.24. The summed E-state index contributed by atoms with van der Waals surface area (Å²) in [5.41, 5.74) is 0. The summed E-state index contributed by atoms with van der Waals surface area (Å²) in [5, 5.41) is 0. The van der Waals surface area contributed by atoms with Crippen molar-refractivity contribution >= 4 is 5.97 Å². The molecule has 170 valence electrons. The van der Waals surface area contributed by atoms with E-state index in [0.29, 0.717) is 24.3 Å². The molecule has 2 nitrogen and oxygen atoms in total. The third-order valence-corrected chi connectivity index (χ3v) is 6.26. The molecule has 0 saturated carbocycles. The summed E-state index contributed by atoms with van der Waals surface area (Å²) in [7, 11) is 0. The number of halogens is 3. The standard InChI is InChI=1S/C25H37F3O2/c1-5-19(6-2)15-14-18(4)20-10-8-12-21(13-9-11-20)25(29)30-17-16-23(27)24(28)22(26)7-3/h7-8,12,16-21H,5-6,9-11,13-15H2,1-4H3/b12-8?,17-16+,22-7+,24-23-. The Bertz CT molecular complexity index is 645. The van der Waals surface area contributed by atoms with Crippen molar-refractivity contribution in [2.24, 2.45) is 23.7 Å². The zero-order valence-corrected chi connectivity index (χ0v) is 18.8. The molecule has 1 aliphatic rings. The maximum atomic E-state index is 13.5. The van der Waals surface area contributed by atoms with Crippen molar-refractivity contribution in [2.45, 2.75) is 79.1 Å². The lowest BCUT2D eigenvalue weighted by molar-refractivity contribution is -0.141. The van der Waals surface area contributed by atoms with E-state index in [2.05, 4.69) is 26.8 Å². The Morgan fingerprint density at radius 2 is 1.87 bits per heavy atom. The highest BCUT2D eigenvalue weighted by atomic mass is 19.2. The van der Waals surface area contributed by atoms with Gasteiger partial charge in [0.15, 0.2) is 17.5 Å². The van der Waals surface area contributed by atoms with Crippen LogP contribution < -0.4 is 0 Å². The Morgan fingerprint density at radius 3 is 2.50 bits per heavy atom. The van der Waals surface area contributed by atoms with Crippen molar-refractivity contribution in [3.05, 3.63) is 48.0 Å². The molecule has 0 amide bonds. The summed E-state index contributed by atoms with van der Waals surface area (Å²) in [6.45, 7) is 8.10. The Kier molecular flexibility index (Phi) is 12.5. The van der Waals surface area contributed by atoms with Gasteiger partial charge < -0.3 is 4.74 Å². The fourth-order valence-corrected chi connectivity index (χ4v) is 3.94. The molecule has 0 radical (unpaired) electrons. The topological polar surface area (TPSA) is 26.3 Å². The maximum Gasteiger partial charge on any atom is 0.317 e. The Balaban J connectivity index is 2.56. The molecule has 1 rings (SSSR count). The first kappa shape index (κ1) is 26.3. The summed E-state index contributed by atoms with van der Waals surface area (Å²) in [4.78, 5) is 12.2. The second-order valence-corrected chi connectivity index (χ2v) is 8.24. The lowest BCUT2D eigenvalue weighted by Gasteiger charge is -2.26. The summed E-state index contributed by atoms with van der Waals surface area (Å²) in [6.07, 6.45) is 14.7. The molecule has 0 heterocycles. The van der Waals surface area contributed by atoms with Gasteiger partial charge in [0, 0.05) is 6.08 Å². The molecule has 0 fully saturated rings. The lowest BCUT2D eigenvalue weighted by Crippen LogP contribution is -2.18. The number of hydrogen-bond donors (Lipinski definition) is 0. The molecule has 0 aromatic heterocycles. The average molecular weight is 427 g/mol. The summed E-state index contributed by atoms with van der Waals surface area (Å²) in [6, 6.07) is 0. The molecule has 0 aromatic carbocycles. The number of rotatable bonds is 10. The van der Waals surface area contributed by atoms with Gasteiger partial charge in [-0.2, -0.15) is 0 Å². The van der Waals surface area contributed by atoms with Gasteiger partial charge in [-0.15, -0.1) is 0 Å². The highest BCUT2D eigenvalue weighted by molar-refractivity contribution is 5.75. The maximum absolute atomic E-state index is 13.5. The molecular weight excluding hydrogens is 389 g/mol. The Morgan fingerprint density at radius 1 is 1.17 bits per heavy atom. The van der Waals surface area contributed by atoms with E-state index in [-0.39, 0.29) is 0 Å². The quantitative estimate of drug-likeness (QED) is 0.152. The smallest absolute Gasteiger partial charge is 0.317 e. The molecule has 1 aliphatic carbocycles. The minimum Gasteiger partial charge on any atom is -0.434 e. The summed E-state index contributed by atoms with van der Waals surface area (Å²) in [5.74, 6) is -3.15. The first-order valence-electron chi connectivity index (χ1n) is 11.2. The van der Waals surface area contributed by atoms with Crippen molar-refractivity contribution in [1.82, 2.24) is 0 Å². The van der Waals surface area contributed by atoms with Crippen LogP contribution in [-0.2, 0) is 9.53 Å². The van der Waals surface area contributed by atoms with E-state index in [4.69, 9.17) is 4.74 Å². The van der Waals surface area contributed by atoms with E-state index in [1.54, 1.807) is 0 Å². The summed E-state index contributed by atoms with van der Waals surface area (Å²) >= 11 is 0. The van der Waals surface area contributed by atoms with Crippen molar-refractivity contribution < 1.29 is 22.7 Å². The van der Waals surface area contributed by atoms with Crippen molar-refractivity contribution in [3.8, 4) is 0 Å². The monoisotopic (exact) mass is 426 g/mol. The fraction of sp³-hybridized carbons (Fsp3) is 0.640. The molecule has 0 spiro atoms. The van der Waals surface area contributed by atoms with E-state index in [1.165, 1.54) is 32.6 Å². The number of allylic oxidation sites excluding steroid dienone is 6. The van der Waals surface area contributed by atoms with Crippen molar-refractivity contribution in [2.75, 3.05) is 0 Å². The van der Waals surface area contributed by atoms with Crippen LogP contribution in [0.15, 0.2) is 48.0 Å². The number of esters is 1. The predicted octanol–water partition coefficient (Wildman–Crippen LogP) is 8.28. The molecule has 3 unspecified atom stereocenters. The van der Waals surface area contributed by atoms with Gasteiger partial charge in [-0.3, -0.25) is 4.79 Å². The number of hydrogen-bond acceptors (Lipinski definition) is 2. The van der Waals surface area contributed by atoms with Crippen LogP contribution in [0.2, 0.25) is 0 Å². The summed E-state index contributed by atoms with van der Waals surface area (Å²) < 4.78 is 44.6. The van der Waals surface area contributed by atoms with Crippen LogP contribution in [0.25, 0.3) is 0 Å². The van der Waals surface area contributed by atoms with Gasteiger partial charge in [0.2, 0.25) is 0 Å². The first-order chi connectivity index (χ1) is 14.3. The Hall–Kier alpha value is -1.78. The highest BCUT2D eigenvalue weighted by Gasteiger charge is 2.23. The average Bonchev–Trinajstić information content (AvgIpc) is 2.72. The third kappa shape index (κ3) is 8.93. The second kappa shape index (κ2) is 14.3. The van der Waals surface area contributed by atoms with Gasteiger partial charge >= 0.3 is 5.97 Å². The number of ether oxygens (including phenoxy) is 1. The van der Waals surface area contributed by atoms with Crippen LogP contribution >= 0.6 is 0 Å². The first-order valence-corrected chi connectivity index (χ1v) is 11.2. The minimum absolute atomic E-state index is 0.403. The minimum atomic E-state index is -1.61. The van der Waals surface area contributed by atoms with Gasteiger partial charge in [0.25, 0.3) is 0 Å². The Labute approximate surface area is 180 Å². The van der Waals surface area contributed by atoms with Crippen molar-refractivity contribution in [3.63, 3.8) is 0 Å². The van der Waals surface area contributed by atoms with Gasteiger partial charge in [-0.25, -0.2) is 13.2 Å². The van der Waals surface area contributed by atoms with Crippen LogP contribution in [0.3, 0.4) is 0 Å². The molecule has 0 saturated heterocycles. The van der Waals surface area contributed by atoms with E-state index in [1.807, 2.05) is 6.08 Å².